The van der Waals surface area contributed by atoms with Crippen LogP contribution < -0.4 is 9.80 Å². The van der Waals surface area contributed by atoms with Gasteiger partial charge < -0.3 is 9.80 Å². The molecule has 8 nitrogen and oxygen atoms in total. The van der Waals surface area contributed by atoms with Gasteiger partial charge in [0.15, 0.2) is 11.3 Å². The minimum Gasteiger partial charge on any atom is -0.372 e. The number of benzene rings is 1. The number of hydrogen-bond donors (Lipinski definition) is 0. The van der Waals surface area contributed by atoms with E-state index >= 15 is 0 Å². The summed E-state index contributed by atoms with van der Waals surface area (Å²) in [7, 11) is 2.03. The molecule has 0 aliphatic carbocycles. The van der Waals surface area contributed by atoms with Crippen LogP contribution in [0.3, 0.4) is 0 Å². The summed E-state index contributed by atoms with van der Waals surface area (Å²) in [5, 5.41) is 20.5. The Kier molecular flexibility index (Phi) is 4.77. The minimum atomic E-state index is -0.370. The maximum absolute atomic E-state index is 11.4. The van der Waals surface area contributed by atoms with Gasteiger partial charge in [-0.1, -0.05) is 12.1 Å². The Labute approximate surface area is 163 Å². The summed E-state index contributed by atoms with van der Waals surface area (Å²) in [6.45, 7) is 3.62. The average molecular weight is 378 g/mol. The Hall–Kier alpha value is -3.29. The first kappa shape index (κ1) is 18.1. The monoisotopic (exact) mass is 378 g/mol. The highest BCUT2D eigenvalue weighted by Crippen LogP contribution is 2.33. The molecule has 1 atom stereocenters. The molecule has 8 heteroatoms. The van der Waals surface area contributed by atoms with Gasteiger partial charge in [-0.15, -0.1) is 5.10 Å². The van der Waals surface area contributed by atoms with Crippen LogP contribution in [0.25, 0.3) is 10.9 Å². The number of rotatable bonds is 5. The van der Waals surface area contributed by atoms with Gasteiger partial charge in [-0.3, -0.25) is 10.1 Å². The van der Waals surface area contributed by atoms with Crippen molar-refractivity contribution in [1.82, 2.24) is 15.2 Å². The van der Waals surface area contributed by atoms with Crippen LogP contribution in [0.4, 0.5) is 17.2 Å². The third-order valence-corrected chi connectivity index (χ3v) is 5.25. The maximum atomic E-state index is 11.4. The van der Waals surface area contributed by atoms with Crippen molar-refractivity contribution in [2.75, 3.05) is 29.9 Å². The summed E-state index contributed by atoms with van der Waals surface area (Å²) < 4.78 is 0. The second-order valence-electron chi connectivity index (χ2n) is 7.17. The fraction of sp³-hybridized carbons (Fsp3) is 0.350. The number of non-ortho nitro benzene ring substituents is 1. The molecule has 0 N–H and O–H groups in total. The van der Waals surface area contributed by atoms with Crippen LogP contribution in [-0.4, -0.2) is 46.3 Å². The molecular formula is C20H22N6O2. The molecule has 1 aromatic carbocycles. The van der Waals surface area contributed by atoms with Gasteiger partial charge >= 0.3 is 0 Å². The molecule has 1 unspecified atom stereocenters. The van der Waals surface area contributed by atoms with Crippen LogP contribution in [0.1, 0.15) is 18.5 Å². The van der Waals surface area contributed by atoms with Gasteiger partial charge in [-0.2, -0.15) is 5.10 Å². The Morgan fingerprint density at radius 3 is 2.93 bits per heavy atom. The van der Waals surface area contributed by atoms with Crippen molar-refractivity contribution in [2.45, 2.75) is 25.8 Å². The van der Waals surface area contributed by atoms with Crippen molar-refractivity contribution in [1.29, 1.82) is 0 Å². The zero-order valence-corrected chi connectivity index (χ0v) is 15.9. The summed E-state index contributed by atoms with van der Waals surface area (Å²) in [6.07, 6.45) is 3.86. The van der Waals surface area contributed by atoms with Gasteiger partial charge in [0.05, 0.1) is 4.92 Å². The van der Waals surface area contributed by atoms with Gasteiger partial charge in [0.2, 0.25) is 0 Å². The third kappa shape index (κ3) is 3.33. The molecule has 0 radical (unpaired) electrons. The Balaban J connectivity index is 1.67. The van der Waals surface area contributed by atoms with Crippen LogP contribution >= 0.6 is 0 Å². The SMILES string of the molecule is Cc1cc(N(C)CC2CCCN2c2cccnn2)c2cccc([N+](=O)[O-])c2n1. The number of aryl methyl sites for hydroxylation is 1. The molecule has 1 fully saturated rings. The molecule has 0 bridgehead atoms. The number of anilines is 2. The smallest absolute Gasteiger partial charge is 0.295 e. The molecule has 3 heterocycles. The minimum absolute atomic E-state index is 0.0397. The highest BCUT2D eigenvalue weighted by atomic mass is 16.6. The van der Waals surface area contributed by atoms with E-state index in [1.165, 1.54) is 6.07 Å². The van der Waals surface area contributed by atoms with E-state index < -0.39 is 0 Å². The van der Waals surface area contributed by atoms with Crippen molar-refractivity contribution in [3.63, 3.8) is 0 Å². The topological polar surface area (TPSA) is 88.3 Å². The molecule has 2 aromatic heterocycles. The zero-order chi connectivity index (χ0) is 19.7. The summed E-state index contributed by atoms with van der Waals surface area (Å²) in [5.74, 6) is 0.893. The largest absolute Gasteiger partial charge is 0.372 e. The van der Waals surface area contributed by atoms with E-state index in [-0.39, 0.29) is 10.6 Å². The lowest BCUT2D eigenvalue weighted by molar-refractivity contribution is -0.383. The molecule has 1 aliphatic rings. The number of fused-ring (bicyclic) bond motifs is 1. The number of likely N-dealkylation sites (N-methyl/N-ethyl adjacent to an activating group) is 1. The van der Waals surface area contributed by atoms with Gasteiger partial charge in [-0.05, 0) is 38.0 Å². The van der Waals surface area contributed by atoms with Crippen molar-refractivity contribution in [3.8, 4) is 0 Å². The molecule has 3 aromatic rings. The Bertz CT molecular complexity index is 1010. The number of para-hydroxylation sites is 1. The number of hydrogen-bond acceptors (Lipinski definition) is 7. The molecule has 28 heavy (non-hydrogen) atoms. The Morgan fingerprint density at radius 2 is 2.18 bits per heavy atom. The zero-order valence-electron chi connectivity index (χ0n) is 15.9. The standard InChI is InChI=1S/C20H22N6O2/c1-14-12-18(16-7-3-8-17(26(27)28)20(16)22-14)24(2)13-15-6-5-11-25(15)19-9-4-10-21-23-19/h3-4,7-10,12,15H,5-6,11,13H2,1-2H3. The highest BCUT2D eigenvalue weighted by Gasteiger charge is 2.28. The normalized spacial score (nSPS) is 16.5. The molecule has 1 aliphatic heterocycles. The van der Waals surface area contributed by atoms with Crippen LogP contribution in [0.15, 0.2) is 42.6 Å². The number of nitro benzene ring substituents is 1. The maximum Gasteiger partial charge on any atom is 0.295 e. The lowest BCUT2D eigenvalue weighted by Gasteiger charge is -2.31. The highest BCUT2D eigenvalue weighted by molar-refractivity contribution is 5.97. The molecule has 0 amide bonds. The van der Waals surface area contributed by atoms with E-state index in [0.29, 0.717) is 11.6 Å². The first-order chi connectivity index (χ1) is 13.5. The second-order valence-corrected chi connectivity index (χ2v) is 7.17. The quantitative estimate of drug-likeness (QED) is 0.497. The van der Waals surface area contributed by atoms with Crippen molar-refractivity contribution < 1.29 is 4.92 Å². The summed E-state index contributed by atoms with van der Waals surface area (Å²) in [6, 6.07) is 11.3. The number of pyridine rings is 1. The Morgan fingerprint density at radius 1 is 1.32 bits per heavy atom. The molecule has 0 saturated carbocycles. The van der Waals surface area contributed by atoms with E-state index in [2.05, 4.69) is 25.0 Å². The lowest BCUT2D eigenvalue weighted by atomic mass is 10.1. The molecule has 1 saturated heterocycles. The van der Waals surface area contributed by atoms with Gasteiger partial charge in [0, 0.05) is 55.2 Å². The summed E-state index contributed by atoms with van der Waals surface area (Å²) >= 11 is 0. The van der Waals surface area contributed by atoms with E-state index in [1.807, 2.05) is 38.2 Å². The first-order valence-corrected chi connectivity index (χ1v) is 9.35. The van der Waals surface area contributed by atoms with Gasteiger partial charge in [0.25, 0.3) is 5.69 Å². The first-order valence-electron chi connectivity index (χ1n) is 9.35. The van der Waals surface area contributed by atoms with Gasteiger partial charge in [-0.25, -0.2) is 4.98 Å². The second kappa shape index (κ2) is 7.38. The van der Waals surface area contributed by atoms with Crippen LogP contribution in [0.5, 0.6) is 0 Å². The van der Waals surface area contributed by atoms with Crippen molar-refractivity contribution in [2.24, 2.45) is 0 Å². The summed E-state index contributed by atoms with van der Waals surface area (Å²) in [5.41, 5.74) is 2.20. The van der Waals surface area contributed by atoms with Crippen LogP contribution in [0.2, 0.25) is 0 Å². The molecule has 4 rings (SSSR count). The van der Waals surface area contributed by atoms with E-state index in [9.17, 15) is 10.1 Å². The predicted octanol–water partition coefficient (Wildman–Crippen LogP) is 3.35. The molecule has 144 valence electrons. The predicted molar refractivity (Wildman–Crippen MR) is 109 cm³/mol. The fourth-order valence-corrected chi connectivity index (χ4v) is 3.99. The lowest BCUT2D eigenvalue weighted by Crippen LogP contribution is -2.39. The number of aromatic nitrogens is 3. The van der Waals surface area contributed by atoms with E-state index in [4.69, 9.17) is 0 Å². The van der Waals surface area contributed by atoms with Gasteiger partial charge in [0.1, 0.15) is 0 Å². The fourth-order valence-electron chi connectivity index (χ4n) is 3.99. The van der Waals surface area contributed by atoms with Crippen LogP contribution in [-0.2, 0) is 0 Å². The summed E-state index contributed by atoms with van der Waals surface area (Å²) in [4.78, 5) is 19.9. The molecular weight excluding hydrogens is 356 g/mol. The average Bonchev–Trinajstić information content (AvgIpc) is 3.15. The number of nitrogens with zero attached hydrogens (tertiary/aromatic N) is 6. The van der Waals surface area contributed by atoms with E-state index in [1.54, 1.807) is 12.3 Å². The third-order valence-electron chi connectivity index (χ3n) is 5.25. The van der Waals surface area contributed by atoms with E-state index in [0.717, 1.165) is 48.5 Å². The van der Waals surface area contributed by atoms with Crippen molar-refractivity contribution >= 4 is 28.1 Å². The van der Waals surface area contributed by atoms with Crippen molar-refractivity contribution in [3.05, 3.63) is 58.4 Å². The van der Waals surface area contributed by atoms with Crippen LogP contribution in [0, 0.1) is 17.0 Å². The molecule has 0 spiro atoms. The number of nitro groups is 1.